The van der Waals surface area contributed by atoms with Gasteiger partial charge in [-0.05, 0) is 29.7 Å². The van der Waals surface area contributed by atoms with Crippen molar-refractivity contribution in [1.82, 2.24) is 4.98 Å². The Morgan fingerprint density at radius 2 is 1.18 bits per heavy atom. The van der Waals surface area contributed by atoms with E-state index in [1.807, 2.05) is 27.7 Å². The fraction of sp³-hybridized carbons (Fsp3) is 0.370. The summed E-state index contributed by atoms with van der Waals surface area (Å²) in [7, 11) is 0. The maximum atomic E-state index is 13.6. The van der Waals surface area contributed by atoms with E-state index < -0.39 is 22.7 Å². The van der Waals surface area contributed by atoms with Crippen molar-refractivity contribution < 1.29 is 9.59 Å². The predicted molar refractivity (Wildman–Crippen MR) is 137 cm³/mol. The molecule has 2 aliphatic carbocycles. The van der Waals surface area contributed by atoms with E-state index >= 15 is 0 Å². The van der Waals surface area contributed by atoms with E-state index in [-0.39, 0.29) is 45.5 Å². The number of allylic oxidation sites excluding steroid dienone is 4. The summed E-state index contributed by atoms with van der Waals surface area (Å²) in [4.78, 5) is 39.9. The summed E-state index contributed by atoms with van der Waals surface area (Å²) in [5.74, 6) is -2.14. The van der Waals surface area contributed by atoms with Gasteiger partial charge in [-0.15, -0.1) is 0 Å². The normalized spacial score (nSPS) is 22.7. The first-order valence-electron chi connectivity index (χ1n) is 11.6. The third-order valence-electron chi connectivity index (χ3n) is 6.87. The van der Waals surface area contributed by atoms with Crippen LogP contribution in [0.4, 0.5) is 0 Å². The van der Waals surface area contributed by atoms with Crippen LogP contribution in [0.3, 0.4) is 0 Å². The third kappa shape index (κ3) is 4.91. The molecular formula is C27H25N9O2. The Kier molecular flexibility index (Phi) is 7.29. The van der Waals surface area contributed by atoms with E-state index in [0.717, 1.165) is 0 Å². The first-order chi connectivity index (χ1) is 17.8. The van der Waals surface area contributed by atoms with E-state index in [2.05, 4.69) is 9.98 Å². The summed E-state index contributed by atoms with van der Waals surface area (Å²) < 4.78 is 0. The van der Waals surface area contributed by atoms with Crippen LogP contribution in [0.25, 0.3) is 0 Å². The van der Waals surface area contributed by atoms with Crippen molar-refractivity contribution in [1.29, 1.82) is 21.0 Å². The van der Waals surface area contributed by atoms with Gasteiger partial charge < -0.3 is 11.5 Å². The molecule has 11 nitrogen and oxygen atoms in total. The molecule has 190 valence electrons. The van der Waals surface area contributed by atoms with Crippen molar-refractivity contribution in [2.75, 3.05) is 0 Å². The molecule has 0 bridgehead atoms. The predicted octanol–water partition coefficient (Wildman–Crippen LogP) is 2.42. The number of nitriles is 4. The van der Waals surface area contributed by atoms with E-state index in [0.29, 0.717) is 24.2 Å². The number of rotatable bonds is 4. The highest BCUT2D eigenvalue weighted by atomic mass is 16.1. The van der Waals surface area contributed by atoms with Gasteiger partial charge >= 0.3 is 0 Å². The highest BCUT2D eigenvalue weighted by molar-refractivity contribution is 6.13. The summed E-state index contributed by atoms with van der Waals surface area (Å²) in [6.07, 6.45) is 3.48. The molecule has 38 heavy (non-hydrogen) atoms. The Hall–Kier alpha value is -5.13. The van der Waals surface area contributed by atoms with Gasteiger partial charge in [0.05, 0.1) is 23.2 Å². The summed E-state index contributed by atoms with van der Waals surface area (Å²) in [6.45, 7) is 7.52. The monoisotopic (exact) mass is 507 g/mol. The van der Waals surface area contributed by atoms with Gasteiger partial charge in [-0.2, -0.15) is 21.0 Å². The van der Waals surface area contributed by atoms with E-state index in [4.69, 9.17) is 27.0 Å². The Balaban J connectivity index is 2.07. The van der Waals surface area contributed by atoms with Gasteiger partial charge in [0.15, 0.2) is 23.0 Å². The summed E-state index contributed by atoms with van der Waals surface area (Å²) >= 11 is 0. The number of aromatic nitrogens is 1. The average Bonchev–Trinajstić information content (AvgIpc) is 2.86. The molecule has 1 heterocycles. The largest absolute Gasteiger partial charge is 0.388 e. The SMILES string of the molecule is CC1(C)Cc2nc3c(cc2C(=O)C1C=NC(C#N)=C(N)C#N)C(=O)C(C=NC(C#N)=C(N)C#N)C(C)(C)C3. The second-order valence-corrected chi connectivity index (χ2v) is 10.5. The maximum absolute atomic E-state index is 13.6. The summed E-state index contributed by atoms with van der Waals surface area (Å²) in [5, 5.41) is 36.4. The first-order valence-corrected chi connectivity index (χ1v) is 11.6. The molecule has 0 aromatic carbocycles. The molecule has 0 radical (unpaired) electrons. The van der Waals surface area contributed by atoms with Crippen LogP contribution in [-0.2, 0) is 12.8 Å². The molecule has 2 unspecified atom stereocenters. The van der Waals surface area contributed by atoms with Gasteiger partial charge in [-0.3, -0.25) is 14.6 Å². The quantitative estimate of drug-likeness (QED) is 0.450. The number of aliphatic imine (C=N–C) groups is 2. The Labute approximate surface area is 220 Å². The highest BCUT2D eigenvalue weighted by Crippen LogP contribution is 2.43. The topological polar surface area (TPSA) is 219 Å². The molecular weight excluding hydrogens is 482 g/mol. The van der Waals surface area contributed by atoms with Crippen molar-refractivity contribution >= 4 is 24.0 Å². The third-order valence-corrected chi connectivity index (χ3v) is 6.87. The van der Waals surface area contributed by atoms with Gasteiger partial charge in [0.2, 0.25) is 0 Å². The van der Waals surface area contributed by atoms with Gasteiger partial charge in [0, 0.05) is 23.6 Å². The van der Waals surface area contributed by atoms with Crippen molar-refractivity contribution in [3.8, 4) is 24.3 Å². The molecule has 0 aliphatic heterocycles. The lowest BCUT2D eigenvalue weighted by Crippen LogP contribution is -2.43. The molecule has 1 aromatic rings. The number of carbonyl (C=O) groups excluding carboxylic acids is 2. The van der Waals surface area contributed by atoms with Crippen LogP contribution < -0.4 is 11.5 Å². The summed E-state index contributed by atoms with van der Waals surface area (Å²) in [6, 6.07) is 8.38. The molecule has 2 aliphatic rings. The second kappa shape index (κ2) is 10.1. The number of carbonyl (C=O) groups is 2. The van der Waals surface area contributed by atoms with Gasteiger partial charge in [-0.1, -0.05) is 27.7 Å². The Bertz CT molecular complexity index is 1420. The van der Waals surface area contributed by atoms with Gasteiger partial charge in [-0.25, -0.2) is 9.98 Å². The van der Waals surface area contributed by atoms with Crippen LogP contribution in [0, 0.1) is 68.0 Å². The molecule has 0 spiro atoms. The van der Waals surface area contributed by atoms with E-state index in [9.17, 15) is 20.1 Å². The van der Waals surface area contributed by atoms with Gasteiger partial charge in [0.1, 0.15) is 35.7 Å². The Morgan fingerprint density at radius 3 is 1.50 bits per heavy atom. The van der Waals surface area contributed by atoms with Crippen LogP contribution in [-0.4, -0.2) is 29.0 Å². The van der Waals surface area contributed by atoms with E-state index in [1.165, 1.54) is 12.4 Å². The van der Waals surface area contributed by atoms with Crippen LogP contribution >= 0.6 is 0 Å². The smallest absolute Gasteiger partial charge is 0.174 e. The van der Waals surface area contributed by atoms with Crippen molar-refractivity contribution in [3.63, 3.8) is 0 Å². The zero-order valence-electron chi connectivity index (χ0n) is 21.4. The first kappa shape index (κ1) is 27.5. The number of hydrogen-bond acceptors (Lipinski definition) is 11. The number of pyridine rings is 1. The second-order valence-electron chi connectivity index (χ2n) is 10.5. The van der Waals surface area contributed by atoms with Gasteiger partial charge in [0.25, 0.3) is 0 Å². The minimum Gasteiger partial charge on any atom is -0.388 e. The lowest BCUT2D eigenvalue weighted by atomic mass is 9.65. The minimum atomic E-state index is -0.755. The fourth-order valence-electron chi connectivity index (χ4n) is 4.68. The average molecular weight is 508 g/mol. The standard InChI is InChI=1S/C27H25N9O2/c1-26(2)6-20-14(24(37)16(26)12-34-22(10-30)18(32)8-28)5-15-21(36-20)7-27(3,4)17(25(15)38)13-35-23(11-31)19(33)9-29/h5,12-13,16-17H,6-7,32-33H2,1-4H3. The van der Waals surface area contributed by atoms with Crippen LogP contribution in [0.5, 0.6) is 0 Å². The van der Waals surface area contributed by atoms with Crippen molar-refractivity contribution in [2.45, 2.75) is 40.5 Å². The molecule has 11 heteroatoms. The van der Waals surface area contributed by atoms with Crippen LogP contribution in [0.15, 0.2) is 38.8 Å². The highest BCUT2D eigenvalue weighted by Gasteiger charge is 2.45. The lowest BCUT2D eigenvalue weighted by Gasteiger charge is -2.39. The molecule has 3 rings (SSSR count). The maximum Gasteiger partial charge on any atom is 0.174 e. The van der Waals surface area contributed by atoms with Crippen molar-refractivity contribution in [3.05, 3.63) is 51.4 Å². The number of nitrogens with zero attached hydrogens (tertiary/aromatic N) is 7. The Morgan fingerprint density at radius 1 is 0.816 bits per heavy atom. The van der Waals surface area contributed by atoms with Crippen molar-refractivity contribution in [2.24, 2.45) is 44.1 Å². The molecule has 4 N–H and O–H groups in total. The number of ketones is 2. The number of Topliss-reactive ketones (excluding diaryl/α,β-unsaturated/α-hetero) is 2. The number of nitrogens with two attached hydrogens (primary N) is 2. The molecule has 2 atom stereocenters. The van der Waals surface area contributed by atoms with Crippen LogP contribution in [0.2, 0.25) is 0 Å². The molecule has 0 fully saturated rings. The lowest BCUT2D eigenvalue weighted by molar-refractivity contribution is 0.0844. The molecule has 0 amide bonds. The number of fused-ring (bicyclic) bond motifs is 2. The molecule has 1 aromatic heterocycles. The summed E-state index contributed by atoms with van der Waals surface area (Å²) in [5.41, 5.74) is 10.3. The molecule has 0 saturated heterocycles. The zero-order chi connectivity index (χ0) is 28.4. The zero-order valence-corrected chi connectivity index (χ0v) is 21.4. The minimum absolute atomic E-state index is 0.283. The van der Waals surface area contributed by atoms with Crippen LogP contribution in [0.1, 0.15) is 59.8 Å². The number of hydrogen-bond donors (Lipinski definition) is 2. The fourth-order valence-corrected chi connectivity index (χ4v) is 4.68. The molecule has 0 saturated carbocycles. The van der Waals surface area contributed by atoms with E-state index in [1.54, 1.807) is 30.3 Å².